The molecule has 0 saturated carbocycles. The van der Waals surface area contributed by atoms with E-state index in [9.17, 15) is 0 Å². The Hall–Kier alpha value is -0.420. The van der Waals surface area contributed by atoms with Crippen molar-refractivity contribution in [2.45, 2.75) is 32.7 Å². The quantitative estimate of drug-likeness (QED) is 0.806. The van der Waals surface area contributed by atoms with Gasteiger partial charge in [-0.15, -0.1) is 11.3 Å². The first-order valence-corrected chi connectivity index (χ1v) is 8.07. The van der Waals surface area contributed by atoms with Crippen molar-refractivity contribution in [3.8, 4) is 0 Å². The maximum absolute atomic E-state index is 5.44. The highest BCUT2D eigenvalue weighted by molar-refractivity contribution is 7.11. The highest BCUT2D eigenvalue weighted by Crippen LogP contribution is 2.28. The van der Waals surface area contributed by atoms with Gasteiger partial charge in [0.1, 0.15) is 0 Å². The summed E-state index contributed by atoms with van der Waals surface area (Å²) in [5.41, 5.74) is 0.324. The van der Waals surface area contributed by atoms with Crippen LogP contribution in [-0.4, -0.2) is 33.4 Å². The van der Waals surface area contributed by atoms with E-state index in [1.165, 1.54) is 22.6 Å². The van der Waals surface area contributed by atoms with E-state index < -0.39 is 0 Å². The summed E-state index contributed by atoms with van der Waals surface area (Å²) in [6.07, 6.45) is 3.56. The molecule has 0 spiro atoms. The molecule has 3 nitrogen and oxygen atoms in total. The number of rotatable bonds is 7. The van der Waals surface area contributed by atoms with Crippen molar-refractivity contribution in [1.82, 2.24) is 10.6 Å². The smallest absolute Gasteiger partial charge is 0.0531 e. The second-order valence-electron chi connectivity index (χ2n) is 5.51. The van der Waals surface area contributed by atoms with Gasteiger partial charge in [0.15, 0.2) is 0 Å². The number of ether oxygens (including phenoxy) is 1. The fraction of sp³-hybridized carbons (Fsp3) is 0.733. The van der Waals surface area contributed by atoms with E-state index in [2.05, 4.69) is 29.7 Å². The molecule has 0 atom stereocenters. The Bertz CT molecular complexity index is 366. The number of thiophene rings is 1. The molecule has 4 heteroatoms. The van der Waals surface area contributed by atoms with Gasteiger partial charge in [-0.25, -0.2) is 0 Å². The Labute approximate surface area is 120 Å². The summed E-state index contributed by atoms with van der Waals surface area (Å²) in [4.78, 5) is 2.92. The van der Waals surface area contributed by atoms with Crippen LogP contribution >= 0.6 is 11.3 Å². The normalized spacial score (nSPS) is 18.6. The third-order valence-corrected chi connectivity index (χ3v) is 5.21. The standard InChI is InChI=1S/C15H26N2OS/c1-3-13-4-5-14(19-13)10-17-11-15(12-18-2)6-8-16-9-7-15/h4-5,16-17H,3,6-12H2,1-2H3. The first-order chi connectivity index (χ1) is 9.28. The Morgan fingerprint density at radius 2 is 2.05 bits per heavy atom. The van der Waals surface area contributed by atoms with E-state index in [-0.39, 0.29) is 0 Å². The molecule has 108 valence electrons. The van der Waals surface area contributed by atoms with E-state index >= 15 is 0 Å². The molecule has 0 aliphatic carbocycles. The number of piperidine rings is 1. The van der Waals surface area contributed by atoms with Crippen molar-refractivity contribution in [3.05, 3.63) is 21.9 Å². The van der Waals surface area contributed by atoms with Crippen LogP contribution in [0.2, 0.25) is 0 Å². The average Bonchev–Trinajstić information content (AvgIpc) is 2.88. The van der Waals surface area contributed by atoms with Gasteiger partial charge in [0.05, 0.1) is 6.61 Å². The molecule has 1 saturated heterocycles. The van der Waals surface area contributed by atoms with Crippen LogP contribution in [0.1, 0.15) is 29.5 Å². The molecule has 0 amide bonds. The summed E-state index contributed by atoms with van der Waals surface area (Å²) in [5, 5.41) is 7.07. The SMILES string of the molecule is CCc1ccc(CNCC2(COC)CCNCC2)s1. The van der Waals surface area contributed by atoms with Gasteiger partial charge in [-0.05, 0) is 44.5 Å². The maximum atomic E-state index is 5.44. The van der Waals surface area contributed by atoms with Crippen LogP contribution in [0.3, 0.4) is 0 Å². The van der Waals surface area contributed by atoms with Crippen LogP contribution < -0.4 is 10.6 Å². The monoisotopic (exact) mass is 282 g/mol. The van der Waals surface area contributed by atoms with E-state index in [4.69, 9.17) is 4.74 Å². The second kappa shape index (κ2) is 7.39. The predicted octanol–water partition coefficient (Wildman–Crippen LogP) is 2.42. The third kappa shape index (κ3) is 4.28. The minimum Gasteiger partial charge on any atom is -0.384 e. The molecule has 2 heterocycles. The number of aryl methyl sites for hydroxylation is 1. The number of hydrogen-bond acceptors (Lipinski definition) is 4. The van der Waals surface area contributed by atoms with Gasteiger partial charge in [-0.2, -0.15) is 0 Å². The zero-order valence-electron chi connectivity index (χ0n) is 12.1. The van der Waals surface area contributed by atoms with Gasteiger partial charge in [0.2, 0.25) is 0 Å². The summed E-state index contributed by atoms with van der Waals surface area (Å²) in [5.74, 6) is 0. The van der Waals surface area contributed by atoms with Crippen LogP contribution in [0, 0.1) is 5.41 Å². The molecule has 2 N–H and O–H groups in total. The Morgan fingerprint density at radius 1 is 1.32 bits per heavy atom. The van der Waals surface area contributed by atoms with Gasteiger partial charge < -0.3 is 15.4 Å². The average molecular weight is 282 g/mol. The van der Waals surface area contributed by atoms with Crippen molar-refractivity contribution < 1.29 is 4.74 Å². The maximum Gasteiger partial charge on any atom is 0.0531 e. The largest absolute Gasteiger partial charge is 0.384 e. The Morgan fingerprint density at radius 3 is 2.68 bits per heavy atom. The van der Waals surface area contributed by atoms with Gasteiger partial charge in [0, 0.05) is 35.4 Å². The van der Waals surface area contributed by atoms with Crippen LogP contribution in [-0.2, 0) is 17.7 Å². The zero-order chi connectivity index (χ0) is 13.6. The van der Waals surface area contributed by atoms with Gasteiger partial charge >= 0.3 is 0 Å². The van der Waals surface area contributed by atoms with Gasteiger partial charge in [0.25, 0.3) is 0 Å². The molecule has 0 aromatic carbocycles. The van der Waals surface area contributed by atoms with Crippen LogP contribution in [0.5, 0.6) is 0 Å². The van der Waals surface area contributed by atoms with Crippen molar-refractivity contribution in [1.29, 1.82) is 0 Å². The Balaban J connectivity index is 1.81. The molecular formula is C15H26N2OS. The highest BCUT2D eigenvalue weighted by atomic mass is 32.1. The van der Waals surface area contributed by atoms with Crippen LogP contribution in [0.4, 0.5) is 0 Å². The molecule has 1 aromatic rings. The first-order valence-electron chi connectivity index (χ1n) is 7.26. The van der Waals surface area contributed by atoms with E-state index in [1.807, 2.05) is 18.4 Å². The van der Waals surface area contributed by atoms with Crippen molar-refractivity contribution in [3.63, 3.8) is 0 Å². The van der Waals surface area contributed by atoms with Gasteiger partial charge in [-0.3, -0.25) is 0 Å². The molecule has 19 heavy (non-hydrogen) atoms. The van der Waals surface area contributed by atoms with E-state index in [0.717, 1.165) is 39.2 Å². The molecule has 0 unspecified atom stereocenters. The Kier molecular flexibility index (Phi) is 5.82. The predicted molar refractivity (Wildman–Crippen MR) is 81.8 cm³/mol. The third-order valence-electron chi connectivity index (χ3n) is 3.98. The summed E-state index contributed by atoms with van der Waals surface area (Å²) in [6, 6.07) is 4.50. The summed E-state index contributed by atoms with van der Waals surface area (Å²) < 4.78 is 5.44. The summed E-state index contributed by atoms with van der Waals surface area (Å²) >= 11 is 1.93. The van der Waals surface area contributed by atoms with Gasteiger partial charge in [-0.1, -0.05) is 6.92 Å². The number of methoxy groups -OCH3 is 1. The molecule has 1 aromatic heterocycles. The van der Waals surface area contributed by atoms with Crippen molar-refractivity contribution in [2.75, 3.05) is 33.4 Å². The summed E-state index contributed by atoms with van der Waals surface area (Å²) in [7, 11) is 1.82. The van der Waals surface area contributed by atoms with E-state index in [0.29, 0.717) is 5.41 Å². The fourth-order valence-electron chi connectivity index (χ4n) is 2.79. The number of nitrogens with one attached hydrogen (secondary N) is 2. The van der Waals surface area contributed by atoms with Crippen LogP contribution in [0.15, 0.2) is 12.1 Å². The number of hydrogen-bond donors (Lipinski definition) is 2. The molecule has 1 fully saturated rings. The lowest BCUT2D eigenvalue weighted by Crippen LogP contribution is -2.45. The first kappa shape index (κ1) is 15.0. The fourth-order valence-corrected chi connectivity index (χ4v) is 3.72. The molecular weight excluding hydrogens is 256 g/mol. The lowest BCUT2D eigenvalue weighted by molar-refractivity contribution is 0.0535. The van der Waals surface area contributed by atoms with Crippen molar-refractivity contribution in [2.24, 2.45) is 5.41 Å². The van der Waals surface area contributed by atoms with Crippen LogP contribution in [0.25, 0.3) is 0 Å². The van der Waals surface area contributed by atoms with E-state index in [1.54, 1.807) is 0 Å². The molecule has 0 radical (unpaired) electrons. The minimum absolute atomic E-state index is 0.324. The lowest BCUT2D eigenvalue weighted by atomic mass is 9.79. The lowest BCUT2D eigenvalue weighted by Gasteiger charge is -2.37. The zero-order valence-corrected chi connectivity index (χ0v) is 12.9. The molecule has 1 aliphatic rings. The topological polar surface area (TPSA) is 33.3 Å². The molecule has 1 aliphatic heterocycles. The second-order valence-corrected chi connectivity index (χ2v) is 6.76. The highest BCUT2D eigenvalue weighted by Gasteiger charge is 2.31. The summed E-state index contributed by atoms with van der Waals surface area (Å²) in [6.45, 7) is 7.36. The van der Waals surface area contributed by atoms with Crippen molar-refractivity contribution >= 4 is 11.3 Å². The minimum atomic E-state index is 0.324. The molecule has 2 rings (SSSR count). The molecule has 0 bridgehead atoms.